The molecule has 1 aromatic carbocycles. The Kier molecular flexibility index (Phi) is 3.96. The van der Waals surface area contributed by atoms with E-state index in [1.165, 1.54) is 6.42 Å². The van der Waals surface area contributed by atoms with Crippen molar-refractivity contribution in [2.24, 2.45) is 0 Å². The van der Waals surface area contributed by atoms with Crippen molar-refractivity contribution in [3.63, 3.8) is 0 Å². The topological polar surface area (TPSA) is 69.6 Å². The lowest BCUT2D eigenvalue weighted by Gasteiger charge is -2.27. The monoisotopic (exact) mass is 379 g/mol. The SMILES string of the molecule is Fc1ccc(F)c(-c2noc(-c3cnn(C4CCC4)c3-c3ccncc3)n2)c1. The maximum absolute atomic E-state index is 14.1. The Morgan fingerprint density at radius 2 is 1.86 bits per heavy atom. The summed E-state index contributed by atoms with van der Waals surface area (Å²) in [4.78, 5) is 8.37. The molecule has 0 saturated heterocycles. The minimum Gasteiger partial charge on any atom is -0.333 e. The molecule has 140 valence electrons. The maximum Gasteiger partial charge on any atom is 0.262 e. The first-order chi connectivity index (χ1) is 13.7. The van der Waals surface area contributed by atoms with E-state index >= 15 is 0 Å². The van der Waals surface area contributed by atoms with E-state index in [2.05, 4.69) is 20.2 Å². The average Bonchev–Trinajstić information content (AvgIpc) is 3.30. The first-order valence-corrected chi connectivity index (χ1v) is 8.98. The zero-order valence-electron chi connectivity index (χ0n) is 14.7. The quantitative estimate of drug-likeness (QED) is 0.516. The van der Waals surface area contributed by atoms with Gasteiger partial charge < -0.3 is 4.52 Å². The first-order valence-electron chi connectivity index (χ1n) is 8.98. The minimum atomic E-state index is -0.617. The summed E-state index contributed by atoms with van der Waals surface area (Å²) in [5, 5.41) is 8.38. The third-order valence-corrected chi connectivity index (χ3v) is 5.00. The second kappa shape index (κ2) is 6.63. The fraction of sp³-hybridized carbons (Fsp3) is 0.200. The Bertz CT molecular complexity index is 1130. The molecule has 1 aliphatic carbocycles. The lowest BCUT2D eigenvalue weighted by atomic mass is 9.92. The van der Waals surface area contributed by atoms with Crippen molar-refractivity contribution < 1.29 is 13.3 Å². The van der Waals surface area contributed by atoms with E-state index in [1.54, 1.807) is 18.6 Å². The molecular weight excluding hydrogens is 364 g/mol. The summed E-state index contributed by atoms with van der Waals surface area (Å²) in [6, 6.07) is 7.23. The molecule has 1 aliphatic rings. The summed E-state index contributed by atoms with van der Waals surface area (Å²) in [6.07, 6.45) is 8.37. The second-order valence-electron chi connectivity index (χ2n) is 6.72. The van der Waals surface area contributed by atoms with E-state index in [4.69, 9.17) is 4.52 Å². The molecule has 0 radical (unpaired) electrons. The average molecular weight is 379 g/mol. The fourth-order valence-electron chi connectivity index (χ4n) is 3.34. The largest absolute Gasteiger partial charge is 0.333 e. The van der Waals surface area contributed by atoms with Gasteiger partial charge in [-0.15, -0.1) is 0 Å². The van der Waals surface area contributed by atoms with E-state index in [9.17, 15) is 8.78 Å². The summed E-state index contributed by atoms with van der Waals surface area (Å²) in [5.41, 5.74) is 2.37. The van der Waals surface area contributed by atoms with Gasteiger partial charge in [0.25, 0.3) is 5.89 Å². The molecule has 6 nitrogen and oxygen atoms in total. The number of pyridine rings is 1. The van der Waals surface area contributed by atoms with Gasteiger partial charge in [0.05, 0.1) is 29.1 Å². The first kappa shape index (κ1) is 16.7. The molecule has 0 atom stereocenters. The number of aromatic nitrogens is 5. The molecule has 0 unspecified atom stereocenters. The Balaban J connectivity index is 1.62. The van der Waals surface area contributed by atoms with Crippen LogP contribution in [0.1, 0.15) is 25.3 Å². The molecule has 1 fully saturated rings. The van der Waals surface area contributed by atoms with Crippen LogP contribution in [-0.2, 0) is 0 Å². The molecule has 3 heterocycles. The Hall–Kier alpha value is -3.42. The minimum absolute atomic E-state index is 0.0101. The van der Waals surface area contributed by atoms with E-state index in [0.29, 0.717) is 11.6 Å². The highest BCUT2D eigenvalue weighted by Gasteiger charge is 2.27. The highest BCUT2D eigenvalue weighted by molar-refractivity contribution is 5.77. The smallest absolute Gasteiger partial charge is 0.262 e. The molecule has 5 rings (SSSR count). The van der Waals surface area contributed by atoms with Gasteiger partial charge >= 0.3 is 0 Å². The van der Waals surface area contributed by atoms with Crippen LogP contribution in [-0.4, -0.2) is 24.9 Å². The van der Waals surface area contributed by atoms with Gasteiger partial charge in [0.15, 0.2) is 0 Å². The number of nitrogens with zero attached hydrogens (tertiary/aromatic N) is 5. The molecule has 0 N–H and O–H groups in total. The molecule has 0 amide bonds. The molecule has 0 aliphatic heterocycles. The molecular formula is C20H15F2N5O. The molecule has 28 heavy (non-hydrogen) atoms. The predicted octanol–water partition coefficient (Wildman–Crippen LogP) is 4.67. The van der Waals surface area contributed by atoms with Crippen LogP contribution in [0, 0.1) is 11.6 Å². The summed E-state index contributed by atoms with van der Waals surface area (Å²) < 4.78 is 34.9. The summed E-state index contributed by atoms with van der Waals surface area (Å²) >= 11 is 0. The van der Waals surface area contributed by atoms with Crippen molar-refractivity contribution in [3.8, 4) is 34.1 Å². The van der Waals surface area contributed by atoms with Crippen LogP contribution in [0.15, 0.2) is 53.4 Å². The van der Waals surface area contributed by atoms with Gasteiger partial charge in [-0.25, -0.2) is 8.78 Å². The molecule has 3 aromatic heterocycles. The number of benzene rings is 1. The van der Waals surface area contributed by atoms with E-state index in [1.807, 2.05) is 16.8 Å². The number of rotatable bonds is 4. The van der Waals surface area contributed by atoms with Crippen LogP contribution in [0.3, 0.4) is 0 Å². The van der Waals surface area contributed by atoms with E-state index in [-0.39, 0.29) is 17.3 Å². The Morgan fingerprint density at radius 3 is 2.61 bits per heavy atom. The van der Waals surface area contributed by atoms with Gasteiger partial charge in [-0.2, -0.15) is 10.1 Å². The zero-order chi connectivity index (χ0) is 19.1. The molecule has 4 aromatic rings. The van der Waals surface area contributed by atoms with Gasteiger partial charge in [-0.1, -0.05) is 5.16 Å². The van der Waals surface area contributed by atoms with Gasteiger partial charge in [-0.05, 0) is 49.6 Å². The van der Waals surface area contributed by atoms with Crippen molar-refractivity contribution in [3.05, 3.63) is 60.6 Å². The summed E-state index contributed by atoms with van der Waals surface area (Å²) in [5.74, 6) is -0.994. The molecule has 0 spiro atoms. The number of hydrogen-bond donors (Lipinski definition) is 0. The van der Waals surface area contributed by atoms with Crippen molar-refractivity contribution in [2.75, 3.05) is 0 Å². The molecule has 8 heteroatoms. The van der Waals surface area contributed by atoms with Crippen LogP contribution in [0.4, 0.5) is 8.78 Å². The zero-order valence-corrected chi connectivity index (χ0v) is 14.7. The standard InChI is InChI=1S/C20H15F2N5O/c21-13-4-5-17(22)15(10-13)19-25-20(28-26-19)16-11-24-27(14-2-1-3-14)18(16)12-6-8-23-9-7-12/h4-11,14H,1-3H2. The van der Waals surface area contributed by atoms with Gasteiger partial charge in [0, 0.05) is 18.0 Å². The lowest BCUT2D eigenvalue weighted by Crippen LogP contribution is -2.19. The van der Waals surface area contributed by atoms with Gasteiger partial charge in [-0.3, -0.25) is 9.67 Å². The number of hydrogen-bond acceptors (Lipinski definition) is 5. The van der Waals surface area contributed by atoms with Crippen LogP contribution < -0.4 is 0 Å². The van der Waals surface area contributed by atoms with Crippen molar-refractivity contribution in [1.29, 1.82) is 0 Å². The second-order valence-corrected chi connectivity index (χ2v) is 6.72. The van der Waals surface area contributed by atoms with Gasteiger partial charge in [0.1, 0.15) is 11.6 Å². The summed E-state index contributed by atoms with van der Waals surface area (Å²) in [7, 11) is 0. The molecule has 0 bridgehead atoms. The van der Waals surface area contributed by atoms with Crippen molar-refractivity contribution in [2.45, 2.75) is 25.3 Å². The van der Waals surface area contributed by atoms with Crippen molar-refractivity contribution >= 4 is 0 Å². The predicted molar refractivity (Wildman–Crippen MR) is 97.0 cm³/mol. The van der Waals surface area contributed by atoms with Crippen LogP contribution >= 0.6 is 0 Å². The van der Waals surface area contributed by atoms with Crippen LogP contribution in [0.2, 0.25) is 0 Å². The summed E-state index contributed by atoms with van der Waals surface area (Å²) in [6.45, 7) is 0. The highest BCUT2D eigenvalue weighted by Crippen LogP contribution is 2.39. The van der Waals surface area contributed by atoms with Gasteiger partial charge in [0.2, 0.25) is 5.82 Å². The normalized spacial score (nSPS) is 14.2. The lowest BCUT2D eigenvalue weighted by molar-refractivity contribution is 0.292. The Labute approximate surface area is 158 Å². The Morgan fingerprint density at radius 1 is 1.04 bits per heavy atom. The highest BCUT2D eigenvalue weighted by atomic mass is 19.1. The van der Waals surface area contributed by atoms with Crippen LogP contribution in [0.5, 0.6) is 0 Å². The van der Waals surface area contributed by atoms with Crippen LogP contribution in [0.25, 0.3) is 34.1 Å². The molecule has 1 saturated carbocycles. The third kappa shape index (κ3) is 2.77. The third-order valence-electron chi connectivity index (χ3n) is 5.00. The van der Waals surface area contributed by atoms with E-state index < -0.39 is 11.6 Å². The van der Waals surface area contributed by atoms with Crippen molar-refractivity contribution in [1.82, 2.24) is 24.9 Å². The van der Waals surface area contributed by atoms with E-state index in [0.717, 1.165) is 42.3 Å². The maximum atomic E-state index is 14.1. The number of halogens is 2. The fourth-order valence-corrected chi connectivity index (χ4v) is 3.34.